The van der Waals surface area contributed by atoms with Gasteiger partial charge >= 0.3 is 0 Å². The van der Waals surface area contributed by atoms with Crippen molar-refractivity contribution in [2.75, 3.05) is 18.1 Å². The Labute approximate surface area is 143 Å². The predicted molar refractivity (Wildman–Crippen MR) is 90.9 cm³/mol. The monoisotopic (exact) mass is 349 g/mol. The van der Waals surface area contributed by atoms with E-state index in [1.165, 1.54) is 29.7 Å². The lowest BCUT2D eigenvalue weighted by molar-refractivity contribution is 0.0699. The molecule has 0 bridgehead atoms. The minimum Gasteiger partial charge on any atom is -0.326 e. The average Bonchev–Trinajstić information content (AvgIpc) is 3.20. The van der Waals surface area contributed by atoms with Crippen molar-refractivity contribution < 1.29 is 4.79 Å². The molecule has 1 aliphatic heterocycles. The number of H-pyrrole nitrogens is 1. The van der Waals surface area contributed by atoms with Crippen molar-refractivity contribution in [3.8, 4) is 0 Å². The highest BCUT2D eigenvalue weighted by molar-refractivity contribution is 7.99. The van der Waals surface area contributed by atoms with Crippen molar-refractivity contribution in [3.05, 3.63) is 27.2 Å². The molecule has 1 fully saturated rings. The molecule has 8 heteroatoms. The van der Waals surface area contributed by atoms with Crippen LogP contribution in [0.2, 0.25) is 0 Å². The van der Waals surface area contributed by atoms with Gasteiger partial charge in [0.1, 0.15) is 6.04 Å². The summed E-state index contributed by atoms with van der Waals surface area (Å²) in [4.78, 5) is 17.3. The normalized spacial score (nSPS) is 21.7. The molecule has 1 amide bonds. The largest absolute Gasteiger partial charge is 0.326 e. The summed E-state index contributed by atoms with van der Waals surface area (Å²) in [5.74, 6) is 2.53. The molecule has 1 saturated heterocycles. The number of amides is 1. The number of nitrogens with one attached hydrogen (secondary N) is 1. The molecule has 0 unspecified atom stereocenters. The molecule has 1 N–H and O–H groups in total. The average molecular weight is 349 g/mol. The third-order valence-electron chi connectivity index (χ3n) is 4.51. The molecule has 1 aliphatic carbocycles. The third kappa shape index (κ3) is 3.01. The van der Waals surface area contributed by atoms with Crippen LogP contribution in [0.4, 0.5) is 0 Å². The molecule has 6 nitrogen and oxygen atoms in total. The first-order valence-corrected chi connectivity index (χ1v) is 10.0. The Morgan fingerprint density at radius 3 is 3.09 bits per heavy atom. The summed E-state index contributed by atoms with van der Waals surface area (Å²) >= 11 is 3.52. The number of rotatable bonds is 2. The minimum atomic E-state index is -0.0816. The molecule has 0 radical (unpaired) electrons. The van der Waals surface area contributed by atoms with Gasteiger partial charge in [-0.25, -0.2) is 0 Å². The first kappa shape index (κ1) is 15.1. The number of carbonyl (C=O) groups is 1. The summed E-state index contributed by atoms with van der Waals surface area (Å²) < 4.78 is 0. The van der Waals surface area contributed by atoms with Crippen LogP contribution in [0, 0.1) is 0 Å². The van der Waals surface area contributed by atoms with Gasteiger partial charge in [0, 0.05) is 22.9 Å². The van der Waals surface area contributed by atoms with Gasteiger partial charge in [0.2, 0.25) is 0 Å². The number of carbonyl (C=O) groups excluding carboxylic acids is 1. The second-order valence-electron chi connectivity index (χ2n) is 5.98. The van der Waals surface area contributed by atoms with E-state index in [1.54, 1.807) is 11.3 Å². The number of aryl methyl sites for hydroxylation is 2. The first-order chi connectivity index (χ1) is 11.3. The van der Waals surface area contributed by atoms with Crippen LogP contribution in [-0.2, 0) is 12.8 Å². The second kappa shape index (κ2) is 6.60. The maximum Gasteiger partial charge on any atom is 0.264 e. The lowest BCUT2D eigenvalue weighted by Gasteiger charge is -2.33. The van der Waals surface area contributed by atoms with Gasteiger partial charge in [-0.05, 0) is 37.3 Å². The van der Waals surface area contributed by atoms with E-state index >= 15 is 0 Å². The molecule has 2 aliphatic rings. The van der Waals surface area contributed by atoms with Crippen LogP contribution in [0.1, 0.15) is 51.2 Å². The number of tetrazole rings is 1. The molecule has 3 heterocycles. The van der Waals surface area contributed by atoms with Crippen LogP contribution in [-0.4, -0.2) is 49.5 Å². The predicted octanol–water partition coefficient (Wildman–Crippen LogP) is 2.46. The SMILES string of the molecule is O=C(c1cc2c(s1)CCCCC2)N1CCSC[C@@H]1c1nn[nH]n1. The van der Waals surface area contributed by atoms with Gasteiger partial charge in [0.05, 0.1) is 4.88 Å². The Morgan fingerprint density at radius 2 is 2.22 bits per heavy atom. The second-order valence-corrected chi connectivity index (χ2v) is 8.27. The molecule has 2 aromatic rings. The minimum absolute atomic E-state index is 0.0816. The Kier molecular flexibility index (Phi) is 4.35. The van der Waals surface area contributed by atoms with Crippen molar-refractivity contribution in [1.29, 1.82) is 0 Å². The molecule has 23 heavy (non-hydrogen) atoms. The van der Waals surface area contributed by atoms with E-state index in [-0.39, 0.29) is 11.9 Å². The van der Waals surface area contributed by atoms with E-state index in [9.17, 15) is 4.79 Å². The molecule has 0 spiro atoms. The maximum absolute atomic E-state index is 13.1. The zero-order chi connectivity index (χ0) is 15.6. The fraction of sp³-hybridized carbons (Fsp3) is 0.600. The van der Waals surface area contributed by atoms with Gasteiger partial charge in [-0.3, -0.25) is 4.79 Å². The Balaban J connectivity index is 1.59. The fourth-order valence-corrected chi connectivity index (χ4v) is 5.54. The Bertz CT molecular complexity index is 661. The smallest absolute Gasteiger partial charge is 0.264 e. The van der Waals surface area contributed by atoms with Crippen molar-refractivity contribution in [1.82, 2.24) is 25.5 Å². The third-order valence-corrected chi connectivity index (χ3v) is 6.75. The lowest BCUT2D eigenvalue weighted by Crippen LogP contribution is -2.41. The van der Waals surface area contributed by atoms with Crippen LogP contribution in [0.3, 0.4) is 0 Å². The van der Waals surface area contributed by atoms with E-state index in [0.29, 0.717) is 5.82 Å². The zero-order valence-corrected chi connectivity index (χ0v) is 14.5. The number of thiophene rings is 1. The molecule has 0 aromatic carbocycles. The van der Waals surface area contributed by atoms with Crippen LogP contribution < -0.4 is 0 Å². The summed E-state index contributed by atoms with van der Waals surface area (Å²) in [6.45, 7) is 0.741. The molecule has 1 atom stereocenters. The highest BCUT2D eigenvalue weighted by Crippen LogP contribution is 2.33. The standard InChI is InChI=1S/C15H19N5OS2/c21-15(13-8-10-4-2-1-3-5-12(10)23-13)20-6-7-22-9-11(20)14-16-18-19-17-14/h8,11H,1-7,9H2,(H,16,17,18,19)/t11-/m1/s1. The first-order valence-electron chi connectivity index (χ1n) is 8.06. The van der Waals surface area contributed by atoms with Gasteiger partial charge in [-0.2, -0.15) is 17.0 Å². The van der Waals surface area contributed by atoms with Crippen molar-refractivity contribution >= 4 is 29.0 Å². The number of aromatic amines is 1. The van der Waals surface area contributed by atoms with Gasteiger partial charge in [0.15, 0.2) is 5.82 Å². The molecular formula is C15H19N5OS2. The zero-order valence-electron chi connectivity index (χ0n) is 12.8. The fourth-order valence-electron chi connectivity index (χ4n) is 3.29. The number of hydrogen-bond acceptors (Lipinski definition) is 6. The summed E-state index contributed by atoms with van der Waals surface area (Å²) in [5.41, 5.74) is 1.39. The van der Waals surface area contributed by atoms with E-state index in [4.69, 9.17) is 0 Å². The van der Waals surface area contributed by atoms with Crippen molar-refractivity contribution in [2.24, 2.45) is 0 Å². The summed E-state index contributed by atoms with van der Waals surface area (Å²) in [6, 6.07) is 2.05. The maximum atomic E-state index is 13.1. The van der Waals surface area contributed by atoms with Crippen LogP contribution >= 0.6 is 23.1 Å². The van der Waals surface area contributed by atoms with Crippen LogP contribution in [0.25, 0.3) is 0 Å². The van der Waals surface area contributed by atoms with Gasteiger partial charge < -0.3 is 4.90 Å². The van der Waals surface area contributed by atoms with E-state index in [1.807, 2.05) is 16.7 Å². The quantitative estimate of drug-likeness (QED) is 0.843. The number of thioether (sulfide) groups is 1. The van der Waals surface area contributed by atoms with Crippen LogP contribution in [0.5, 0.6) is 0 Å². The number of hydrogen-bond donors (Lipinski definition) is 1. The molecular weight excluding hydrogens is 330 g/mol. The van der Waals surface area contributed by atoms with Gasteiger partial charge in [-0.15, -0.1) is 21.5 Å². The Morgan fingerprint density at radius 1 is 1.30 bits per heavy atom. The number of aromatic nitrogens is 4. The van der Waals surface area contributed by atoms with Gasteiger partial charge in [-0.1, -0.05) is 11.6 Å². The highest BCUT2D eigenvalue weighted by atomic mass is 32.2. The van der Waals surface area contributed by atoms with E-state index in [0.717, 1.165) is 35.8 Å². The molecule has 122 valence electrons. The van der Waals surface area contributed by atoms with E-state index < -0.39 is 0 Å². The van der Waals surface area contributed by atoms with Gasteiger partial charge in [0.25, 0.3) is 5.91 Å². The van der Waals surface area contributed by atoms with Crippen molar-refractivity contribution in [2.45, 2.75) is 38.1 Å². The lowest BCUT2D eigenvalue weighted by atomic mass is 10.1. The molecule has 2 aromatic heterocycles. The highest BCUT2D eigenvalue weighted by Gasteiger charge is 2.33. The summed E-state index contributed by atoms with van der Waals surface area (Å²) in [5, 5.41) is 14.3. The summed E-state index contributed by atoms with van der Waals surface area (Å²) in [7, 11) is 0. The Hall–Kier alpha value is -1.41. The van der Waals surface area contributed by atoms with Crippen molar-refractivity contribution in [3.63, 3.8) is 0 Å². The molecule has 0 saturated carbocycles. The summed E-state index contributed by atoms with van der Waals surface area (Å²) in [6.07, 6.45) is 6.02. The van der Waals surface area contributed by atoms with E-state index in [2.05, 4.69) is 26.7 Å². The number of fused-ring (bicyclic) bond motifs is 1. The molecule has 4 rings (SSSR count). The topological polar surface area (TPSA) is 74.8 Å². The number of nitrogens with zero attached hydrogens (tertiary/aromatic N) is 4. The van der Waals surface area contributed by atoms with Crippen LogP contribution in [0.15, 0.2) is 6.07 Å².